The maximum Gasteiger partial charge on any atom is 0.303 e. The third-order valence-corrected chi connectivity index (χ3v) is 3.75. The van der Waals surface area contributed by atoms with E-state index in [2.05, 4.69) is 4.72 Å². The van der Waals surface area contributed by atoms with Crippen LogP contribution >= 0.6 is 0 Å². The summed E-state index contributed by atoms with van der Waals surface area (Å²) in [6.45, 7) is 4.81. The van der Waals surface area contributed by atoms with E-state index in [0.717, 1.165) is 0 Å². The molecule has 84 valence electrons. The maximum atomic E-state index is 11.3. The smallest absolute Gasteiger partial charge is 0.303 e. The molecule has 0 bridgehead atoms. The SMILES string of the molecule is CC(CCC(=O)O)NS(=O)(=O)C(C)C. The molecule has 0 rings (SSSR count). The standard InChI is InChI=1S/C8H17NO4S/c1-6(2)14(12,13)9-7(3)4-5-8(10)11/h6-7,9H,4-5H2,1-3H3,(H,10,11). The van der Waals surface area contributed by atoms with Crippen LogP contribution in [0.15, 0.2) is 0 Å². The van der Waals surface area contributed by atoms with E-state index < -0.39 is 21.2 Å². The van der Waals surface area contributed by atoms with Gasteiger partial charge >= 0.3 is 5.97 Å². The van der Waals surface area contributed by atoms with Crippen molar-refractivity contribution in [1.29, 1.82) is 0 Å². The van der Waals surface area contributed by atoms with Gasteiger partial charge in [-0.25, -0.2) is 13.1 Å². The molecule has 0 saturated heterocycles. The van der Waals surface area contributed by atoms with Crippen LogP contribution in [0.3, 0.4) is 0 Å². The fourth-order valence-corrected chi connectivity index (χ4v) is 1.77. The first-order valence-corrected chi connectivity index (χ1v) is 6.03. The molecule has 0 aliphatic heterocycles. The molecule has 0 aromatic heterocycles. The Kier molecular flexibility index (Phi) is 5.07. The lowest BCUT2D eigenvalue weighted by molar-refractivity contribution is -0.137. The Bertz CT molecular complexity index is 284. The Morgan fingerprint density at radius 3 is 2.21 bits per heavy atom. The average Bonchev–Trinajstić information content (AvgIpc) is 1.99. The van der Waals surface area contributed by atoms with Gasteiger partial charge in [0.2, 0.25) is 10.0 Å². The number of rotatable bonds is 6. The average molecular weight is 223 g/mol. The molecule has 0 amide bonds. The number of carbonyl (C=O) groups is 1. The van der Waals surface area contributed by atoms with E-state index in [-0.39, 0.29) is 12.5 Å². The van der Waals surface area contributed by atoms with Gasteiger partial charge in [0, 0.05) is 12.5 Å². The van der Waals surface area contributed by atoms with E-state index in [1.54, 1.807) is 20.8 Å². The lowest BCUT2D eigenvalue weighted by Crippen LogP contribution is -2.37. The third-order valence-electron chi connectivity index (χ3n) is 1.78. The summed E-state index contributed by atoms with van der Waals surface area (Å²) in [7, 11) is -3.29. The Morgan fingerprint density at radius 1 is 1.36 bits per heavy atom. The van der Waals surface area contributed by atoms with Gasteiger partial charge in [-0.3, -0.25) is 4.79 Å². The summed E-state index contributed by atoms with van der Waals surface area (Å²) in [4.78, 5) is 10.2. The Labute approximate surface area is 84.6 Å². The van der Waals surface area contributed by atoms with Gasteiger partial charge in [-0.1, -0.05) is 0 Å². The number of hydrogen-bond acceptors (Lipinski definition) is 3. The van der Waals surface area contributed by atoms with Crippen molar-refractivity contribution in [2.75, 3.05) is 0 Å². The fourth-order valence-electron chi connectivity index (χ4n) is 0.815. The van der Waals surface area contributed by atoms with Crippen LogP contribution in [0, 0.1) is 0 Å². The second-order valence-electron chi connectivity index (χ2n) is 3.55. The summed E-state index contributed by atoms with van der Waals surface area (Å²) < 4.78 is 25.1. The minimum atomic E-state index is -3.29. The lowest BCUT2D eigenvalue weighted by atomic mass is 10.2. The van der Waals surface area contributed by atoms with Crippen molar-refractivity contribution in [1.82, 2.24) is 4.72 Å². The monoisotopic (exact) mass is 223 g/mol. The molecule has 0 heterocycles. The second kappa shape index (κ2) is 5.31. The highest BCUT2D eigenvalue weighted by Gasteiger charge is 2.18. The fraction of sp³-hybridized carbons (Fsp3) is 0.875. The first-order valence-electron chi connectivity index (χ1n) is 4.48. The highest BCUT2D eigenvalue weighted by atomic mass is 32.2. The molecule has 0 saturated carbocycles. The van der Waals surface area contributed by atoms with Crippen LogP contribution in [0.25, 0.3) is 0 Å². The van der Waals surface area contributed by atoms with E-state index in [9.17, 15) is 13.2 Å². The number of sulfonamides is 1. The summed E-state index contributed by atoms with van der Waals surface area (Å²) in [6.07, 6.45) is 0.281. The number of carboxylic acid groups (broad SMARTS) is 1. The molecule has 0 aromatic rings. The van der Waals surface area contributed by atoms with Crippen LogP contribution < -0.4 is 4.72 Å². The summed E-state index contributed by atoms with van der Waals surface area (Å²) in [5.74, 6) is -0.916. The first kappa shape index (κ1) is 13.4. The molecule has 14 heavy (non-hydrogen) atoms. The second-order valence-corrected chi connectivity index (χ2v) is 5.81. The molecule has 0 aliphatic carbocycles. The minimum Gasteiger partial charge on any atom is -0.481 e. The van der Waals surface area contributed by atoms with Gasteiger partial charge in [-0.2, -0.15) is 0 Å². The van der Waals surface area contributed by atoms with Crippen LogP contribution in [-0.4, -0.2) is 30.8 Å². The minimum absolute atomic E-state index is 0.0260. The normalized spacial score (nSPS) is 14.3. The topological polar surface area (TPSA) is 83.5 Å². The van der Waals surface area contributed by atoms with Gasteiger partial charge in [-0.05, 0) is 27.2 Å². The Morgan fingerprint density at radius 2 is 1.86 bits per heavy atom. The van der Waals surface area contributed by atoms with Crippen molar-refractivity contribution in [2.45, 2.75) is 44.9 Å². The van der Waals surface area contributed by atoms with Gasteiger partial charge in [0.25, 0.3) is 0 Å². The quantitative estimate of drug-likeness (QED) is 0.689. The molecule has 2 N–H and O–H groups in total. The lowest BCUT2D eigenvalue weighted by Gasteiger charge is -2.15. The first-order chi connectivity index (χ1) is 6.25. The largest absolute Gasteiger partial charge is 0.481 e. The molecule has 6 heteroatoms. The number of aliphatic carboxylic acids is 1. The van der Waals surface area contributed by atoms with E-state index in [1.807, 2.05) is 0 Å². The highest BCUT2D eigenvalue weighted by Crippen LogP contribution is 2.02. The molecule has 1 unspecified atom stereocenters. The van der Waals surface area contributed by atoms with Crippen molar-refractivity contribution < 1.29 is 18.3 Å². The summed E-state index contributed by atoms with van der Waals surface area (Å²) in [5, 5.41) is 7.90. The van der Waals surface area contributed by atoms with Crippen LogP contribution in [0.5, 0.6) is 0 Å². The summed E-state index contributed by atoms with van der Waals surface area (Å²) in [6, 6.07) is -0.335. The van der Waals surface area contributed by atoms with Crippen molar-refractivity contribution in [2.24, 2.45) is 0 Å². The molecule has 1 atom stereocenters. The van der Waals surface area contributed by atoms with E-state index in [4.69, 9.17) is 5.11 Å². The molecule has 0 fully saturated rings. The van der Waals surface area contributed by atoms with Crippen molar-refractivity contribution in [3.63, 3.8) is 0 Å². The number of carboxylic acids is 1. The number of nitrogens with one attached hydrogen (secondary N) is 1. The van der Waals surface area contributed by atoms with E-state index in [0.29, 0.717) is 6.42 Å². The van der Waals surface area contributed by atoms with E-state index >= 15 is 0 Å². The van der Waals surface area contributed by atoms with E-state index in [1.165, 1.54) is 0 Å². The summed E-state index contributed by atoms with van der Waals surface area (Å²) in [5.41, 5.74) is 0. The van der Waals surface area contributed by atoms with Gasteiger partial charge in [-0.15, -0.1) is 0 Å². The molecule has 0 spiro atoms. The Balaban J connectivity index is 4.06. The highest BCUT2D eigenvalue weighted by molar-refractivity contribution is 7.90. The predicted molar refractivity (Wildman–Crippen MR) is 53.5 cm³/mol. The molecular formula is C8H17NO4S. The zero-order chi connectivity index (χ0) is 11.4. The van der Waals surface area contributed by atoms with Gasteiger partial charge in [0.1, 0.15) is 0 Å². The summed E-state index contributed by atoms with van der Waals surface area (Å²) >= 11 is 0. The van der Waals surface area contributed by atoms with Crippen molar-refractivity contribution in [3.05, 3.63) is 0 Å². The molecule has 0 radical (unpaired) electrons. The van der Waals surface area contributed by atoms with Crippen LogP contribution in [-0.2, 0) is 14.8 Å². The Hall–Kier alpha value is -0.620. The van der Waals surface area contributed by atoms with Gasteiger partial charge < -0.3 is 5.11 Å². The van der Waals surface area contributed by atoms with Crippen molar-refractivity contribution >= 4 is 16.0 Å². The molecule has 0 aliphatic rings. The predicted octanol–water partition coefficient (Wildman–Crippen LogP) is 0.568. The third kappa shape index (κ3) is 5.18. The molecule has 5 nitrogen and oxygen atoms in total. The molecular weight excluding hydrogens is 206 g/mol. The van der Waals surface area contributed by atoms with Crippen LogP contribution in [0.2, 0.25) is 0 Å². The van der Waals surface area contributed by atoms with Crippen LogP contribution in [0.4, 0.5) is 0 Å². The van der Waals surface area contributed by atoms with Crippen LogP contribution in [0.1, 0.15) is 33.6 Å². The zero-order valence-corrected chi connectivity index (χ0v) is 9.47. The molecule has 0 aromatic carbocycles. The number of hydrogen-bond donors (Lipinski definition) is 2. The van der Waals surface area contributed by atoms with Crippen molar-refractivity contribution in [3.8, 4) is 0 Å². The zero-order valence-electron chi connectivity index (χ0n) is 8.65. The van der Waals surface area contributed by atoms with Gasteiger partial charge in [0.15, 0.2) is 0 Å². The maximum absolute atomic E-state index is 11.3. The van der Waals surface area contributed by atoms with Gasteiger partial charge in [0.05, 0.1) is 5.25 Å².